The number of morpholine rings is 1. The van der Waals surface area contributed by atoms with E-state index >= 15 is 0 Å². The quantitative estimate of drug-likeness (QED) is 0.822. The number of phenolic OH excluding ortho intramolecular Hbond substituents is 1. The van der Waals surface area contributed by atoms with Crippen molar-refractivity contribution in [3.63, 3.8) is 0 Å². The summed E-state index contributed by atoms with van der Waals surface area (Å²) in [6.07, 6.45) is 0. The summed E-state index contributed by atoms with van der Waals surface area (Å²) in [7, 11) is 0. The molecule has 2 rings (SSSR count). The minimum Gasteiger partial charge on any atom is -0.506 e. The molecule has 0 spiro atoms. The van der Waals surface area contributed by atoms with Gasteiger partial charge >= 0.3 is 0 Å². The summed E-state index contributed by atoms with van der Waals surface area (Å²) >= 11 is 3.33. The molecule has 0 amide bonds. The fraction of sp³-hybridized carbons (Fsp3) is 0.455. The molecule has 1 saturated heterocycles. The fourth-order valence-electron chi connectivity index (χ4n) is 1.87. The van der Waals surface area contributed by atoms with Crippen molar-refractivity contribution in [2.75, 3.05) is 19.8 Å². The number of ether oxygens (including phenoxy) is 1. The van der Waals surface area contributed by atoms with Crippen LogP contribution in [0.5, 0.6) is 5.75 Å². The van der Waals surface area contributed by atoms with Gasteiger partial charge < -0.3 is 15.2 Å². The average Bonchev–Trinajstić information content (AvgIpc) is 2.26. The largest absolute Gasteiger partial charge is 0.506 e. The molecule has 0 saturated carbocycles. The van der Waals surface area contributed by atoms with Gasteiger partial charge in [0.2, 0.25) is 0 Å². The Labute approximate surface area is 97.6 Å². The van der Waals surface area contributed by atoms with Gasteiger partial charge in [-0.3, -0.25) is 0 Å². The van der Waals surface area contributed by atoms with Crippen LogP contribution < -0.4 is 5.32 Å². The number of benzene rings is 1. The lowest BCUT2D eigenvalue weighted by Crippen LogP contribution is -2.35. The zero-order valence-corrected chi connectivity index (χ0v) is 10.2. The van der Waals surface area contributed by atoms with E-state index < -0.39 is 0 Å². The Kier molecular flexibility index (Phi) is 3.29. The van der Waals surface area contributed by atoms with E-state index in [0.717, 1.165) is 28.8 Å². The Balaban J connectivity index is 2.36. The van der Waals surface area contributed by atoms with E-state index in [4.69, 9.17) is 4.74 Å². The molecule has 1 fully saturated rings. The Morgan fingerprint density at radius 3 is 3.00 bits per heavy atom. The van der Waals surface area contributed by atoms with Gasteiger partial charge in [-0.15, -0.1) is 0 Å². The predicted octanol–water partition coefficient (Wildman–Crippen LogP) is 2.12. The van der Waals surface area contributed by atoms with Crippen LogP contribution in [-0.4, -0.2) is 24.9 Å². The highest BCUT2D eigenvalue weighted by Crippen LogP contribution is 2.35. The third-order valence-corrected chi connectivity index (χ3v) is 3.30. The van der Waals surface area contributed by atoms with Crippen LogP contribution in [0.1, 0.15) is 17.2 Å². The van der Waals surface area contributed by atoms with Gasteiger partial charge in [0.15, 0.2) is 0 Å². The number of hydrogen-bond donors (Lipinski definition) is 2. The summed E-state index contributed by atoms with van der Waals surface area (Å²) in [6.45, 7) is 4.18. The van der Waals surface area contributed by atoms with E-state index in [9.17, 15) is 5.11 Å². The van der Waals surface area contributed by atoms with E-state index in [2.05, 4.69) is 21.2 Å². The zero-order chi connectivity index (χ0) is 10.8. The summed E-state index contributed by atoms with van der Waals surface area (Å²) < 4.78 is 6.13. The zero-order valence-electron chi connectivity index (χ0n) is 8.59. The highest BCUT2D eigenvalue weighted by Gasteiger charge is 2.21. The van der Waals surface area contributed by atoms with Crippen molar-refractivity contribution in [2.45, 2.75) is 13.0 Å². The van der Waals surface area contributed by atoms with Gasteiger partial charge in [0.1, 0.15) is 5.75 Å². The van der Waals surface area contributed by atoms with Crippen molar-refractivity contribution in [1.82, 2.24) is 5.32 Å². The Morgan fingerprint density at radius 2 is 2.33 bits per heavy atom. The van der Waals surface area contributed by atoms with E-state index in [0.29, 0.717) is 12.4 Å². The molecule has 0 aromatic heterocycles. The topological polar surface area (TPSA) is 41.5 Å². The van der Waals surface area contributed by atoms with E-state index in [1.807, 2.05) is 19.1 Å². The number of phenols is 1. The first-order valence-electron chi connectivity index (χ1n) is 4.99. The van der Waals surface area contributed by atoms with Crippen molar-refractivity contribution in [3.8, 4) is 5.75 Å². The number of halogens is 1. The van der Waals surface area contributed by atoms with Gasteiger partial charge in [-0.1, -0.05) is 6.07 Å². The van der Waals surface area contributed by atoms with E-state index in [1.165, 1.54) is 0 Å². The van der Waals surface area contributed by atoms with Crippen molar-refractivity contribution in [2.24, 2.45) is 0 Å². The maximum Gasteiger partial charge on any atom is 0.134 e. The normalized spacial score (nSPS) is 21.6. The Hall–Kier alpha value is -0.580. The monoisotopic (exact) mass is 271 g/mol. The van der Waals surface area contributed by atoms with Crippen LogP contribution in [0.15, 0.2) is 16.6 Å². The van der Waals surface area contributed by atoms with Crippen LogP contribution in [0.4, 0.5) is 0 Å². The smallest absolute Gasteiger partial charge is 0.134 e. The average molecular weight is 272 g/mol. The van der Waals surface area contributed by atoms with Crippen LogP contribution in [-0.2, 0) is 4.74 Å². The molecule has 4 heteroatoms. The molecule has 1 atom stereocenters. The summed E-state index contributed by atoms with van der Waals surface area (Å²) in [5, 5.41) is 13.3. The lowest BCUT2D eigenvalue weighted by molar-refractivity contribution is 0.0758. The summed E-state index contributed by atoms with van der Waals surface area (Å²) in [6, 6.07) is 3.95. The molecule has 1 unspecified atom stereocenters. The second-order valence-electron chi connectivity index (χ2n) is 3.71. The van der Waals surface area contributed by atoms with Crippen molar-refractivity contribution < 1.29 is 9.84 Å². The van der Waals surface area contributed by atoms with Gasteiger partial charge in [0.25, 0.3) is 0 Å². The molecule has 1 aromatic rings. The maximum atomic E-state index is 9.99. The van der Waals surface area contributed by atoms with Crippen LogP contribution in [0.2, 0.25) is 0 Å². The lowest BCUT2D eigenvalue weighted by Gasteiger charge is -2.26. The van der Waals surface area contributed by atoms with Gasteiger partial charge in [-0.05, 0) is 34.5 Å². The third kappa shape index (κ3) is 2.17. The Bertz CT molecular complexity index is 362. The first kappa shape index (κ1) is 10.9. The number of nitrogens with one attached hydrogen (secondary N) is 1. The van der Waals surface area contributed by atoms with Gasteiger partial charge in [-0.25, -0.2) is 0 Å². The first-order chi connectivity index (χ1) is 7.20. The van der Waals surface area contributed by atoms with Crippen molar-refractivity contribution >= 4 is 15.9 Å². The van der Waals surface area contributed by atoms with Crippen molar-refractivity contribution in [1.29, 1.82) is 0 Å². The maximum absolute atomic E-state index is 9.99. The molecule has 1 aliphatic rings. The van der Waals surface area contributed by atoms with E-state index in [-0.39, 0.29) is 6.04 Å². The molecular weight excluding hydrogens is 258 g/mol. The minimum atomic E-state index is 0.0937. The molecule has 1 heterocycles. The highest BCUT2D eigenvalue weighted by molar-refractivity contribution is 9.10. The third-order valence-electron chi connectivity index (χ3n) is 2.66. The number of rotatable bonds is 1. The lowest BCUT2D eigenvalue weighted by atomic mass is 10.00. The standard InChI is InChI=1S/C11H14BrNO2/c1-7-2-3-8(12)11(14)10(7)9-6-15-5-4-13-9/h2-3,9,13-14H,4-6H2,1H3. The Morgan fingerprint density at radius 1 is 1.53 bits per heavy atom. The SMILES string of the molecule is Cc1ccc(Br)c(O)c1C1COCCN1. The molecule has 0 aliphatic carbocycles. The van der Waals surface area contributed by atoms with E-state index in [1.54, 1.807) is 0 Å². The minimum absolute atomic E-state index is 0.0937. The summed E-state index contributed by atoms with van der Waals surface area (Å²) in [5.74, 6) is 0.318. The van der Waals surface area contributed by atoms with Crippen LogP contribution in [0.25, 0.3) is 0 Å². The molecular formula is C11H14BrNO2. The molecule has 2 N–H and O–H groups in total. The molecule has 15 heavy (non-hydrogen) atoms. The van der Waals surface area contributed by atoms with Crippen LogP contribution >= 0.6 is 15.9 Å². The van der Waals surface area contributed by atoms with Gasteiger partial charge in [0.05, 0.1) is 23.7 Å². The fourth-order valence-corrected chi connectivity index (χ4v) is 2.22. The molecule has 1 aliphatic heterocycles. The number of aromatic hydroxyl groups is 1. The second kappa shape index (κ2) is 4.51. The van der Waals surface area contributed by atoms with Gasteiger partial charge in [-0.2, -0.15) is 0 Å². The first-order valence-corrected chi connectivity index (χ1v) is 5.78. The van der Waals surface area contributed by atoms with Crippen molar-refractivity contribution in [3.05, 3.63) is 27.7 Å². The highest BCUT2D eigenvalue weighted by atomic mass is 79.9. The molecule has 0 bridgehead atoms. The summed E-state index contributed by atoms with van der Waals surface area (Å²) in [4.78, 5) is 0. The molecule has 82 valence electrons. The summed E-state index contributed by atoms with van der Waals surface area (Å²) in [5.41, 5.74) is 2.02. The molecule has 3 nitrogen and oxygen atoms in total. The number of aryl methyl sites for hydroxylation is 1. The predicted molar refractivity (Wildman–Crippen MR) is 62.1 cm³/mol. The molecule has 1 aromatic carbocycles. The van der Waals surface area contributed by atoms with Gasteiger partial charge in [0, 0.05) is 12.1 Å². The molecule has 0 radical (unpaired) electrons. The van der Waals surface area contributed by atoms with Crippen LogP contribution in [0, 0.1) is 6.92 Å². The van der Waals surface area contributed by atoms with Crippen LogP contribution in [0.3, 0.4) is 0 Å². The number of hydrogen-bond acceptors (Lipinski definition) is 3. The second-order valence-corrected chi connectivity index (χ2v) is 4.56.